The smallest absolute Gasteiger partial charge is 0.333 e. The molecule has 2 aromatic heterocycles. The second-order valence-corrected chi connectivity index (χ2v) is 8.87. The molecular formula is C27H33N5O2. The average molecular weight is 460 g/mol. The molecule has 4 rings (SSSR count). The summed E-state index contributed by atoms with van der Waals surface area (Å²) in [5.74, 6) is 1.04. The topological polar surface area (TPSA) is 64.3 Å². The highest BCUT2D eigenvalue weighted by Gasteiger charge is 2.33. The van der Waals surface area contributed by atoms with Gasteiger partial charge in [0.1, 0.15) is 5.75 Å². The first kappa shape index (κ1) is 23.4. The maximum absolute atomic E-state index is 13.5. The summed E-state index contributed by atoms with van der Waals surface area (Å²) < 4.78 is 9.21. The number of imidazole rings is 1. The van der Waals surface area contributed by atoms with Crippen molar-refractivity contribution < 1.29 is 4.74 Å². The number of allylic oxidation sites excluding steroid dienone is 5. The number of nitrogens with one attached hydrogen (secondary N) is 1. The summed E-state index contributed by atoms with van der Waals surface area (Å²) in [6.07, 6.45) is 11.6. The SMILES string of the molecule is C=C1CC1/C(=C\NC)c1cc2c(cc1OC)ncc1c2n(C(/C=C/CC)=C/N(C)C)c(=O)n1C. The normalized spacial score (nSPS) is 16.6. The number of hydrogen-bond acceptors (Lipinski definition) is 5. The summed E-state index contributed by atoms with van der Waals surface area (Å²) >= 11 is 0. The molecule has 178 valence electrons. The fourth-order valence-electron chi connectivity index (χ4n) is 4.39. The number of rotatable bonds is 8. The molecular weight excluding hydrogens is 426 g/mol. The lowest BCUT2D eigenvalue weighted by Crippen LogP contribution is -2.22. The largest absolute Gasteiger partial charge is 0.496 e. The van der Waals surface area contributed by atoms with Crippen molar-refractivity contribution in [2.75, 3.05) is 28.3 Å². The van der Waals surface area contributed by atoms with Crippen LogP contribution in [0.25, 0.3) is 33.2 Å². The van der Waals surface area contributed by atoms with E-state index in [4.69, 9.17) is 4.74 Å². The quantitative estimate of drug-likeness (QED) is 0.401. The van der Waals surface area contributed by atoms with Crippen LogP contribution in [0.3, 0.4) is 0 Å². The molecule has 1 fully saturated rings. The molecule has 1 N–H and O–H groups in total. The highest BCUT2D eigenvalue weighted by Crippen LogP contribution is 2.49. The van der Waals surface area contributed by atoms with E-state index < -0.39 is 0 Å². The standard InChI is InChI=1S/C27H33N5O2/c1-8-9-10-18(16-30(4)5)32-26-21-12-20(22(14-28-3)19-11-17(19)2)25(34-7)13-23(21)29-15-24(26)31(6)27(32)33/h9-10,12-16,19,28H,2,8,11H2,1,3-7H3/b10-9+,18-16+,22-14+. The van der Waals surface area contributed by atoms with Crippen LogP contribution in [0.5, 0.6) is 5.75 Å². The Hall–Kier alpha value is -3.74. The molecule has 0 saturated heterocycles. The van der Waals surface area contributed by atoms with E-state index in [9.17, 15) is 4.79 Å². The summed E-state index contributed by atoms with van der Waals surface area (Å²) in [6, 6.07) is 4.06. The van der Waals surface area contributed by atoms with Gasteiger partial charge >= 0.3 is 5.69 Å². The Balaban J connectivity index is 2.11. The fraction of sp³-hybridized carbons (Fsp3) is 0.333. The molecule has 1 atom stereocenters. The first-order chi connectivity index (χ1) is 16.3. The number of aromatic nitrogens is 3. The Labute approximate surface area is 200 Å². The van der Waals surface area contributed by atoms with Gasteiger partial charge in [-0.1, -0.05) is 25.2 Å². The molecule has 1 saturated carbocycles. The fourth-order valence-corrected chi connectivity index (χ4v) is 4.39. The number of methoxy groups -OCH3 is 1. The lowest BCUT2D eigenvalue weighted by Gasteiger charge is -2.15. The number of fused-ring (bicyclic) bond motifs is 3. The molecule has 0 spiro atoms. The van der Waals surface area contributed by atoms with Crippen LogP contribution in [0.2, 0.25) is 0 Å². The van der Waals surface area contributed by atoms with E-state index in [0.29, 0.717) is 5.92 Å². The van der Waals surface area contributed by atoms with Crippen molar-refractivity contribution in [1.29, 1.82) is 0 Å². The second kappa shape index (κ2) is 9.25. The van der Waals surface area contributed by atoms with Crippen LogP contribution >= 0.6 is 0 Å². The van der Waals surface area contributed by atoms with Crippen molar-refractivity contribution in [1.82, 2.24) is 24.3 Å². The Kier molecular flexibility index (Phi) is 6.37. The molecule has 0 radical (unpaired) electrons. The van der Waals surface area contributed by atoms with Crippen molar-refractivity contribution >= 4 is 33.2 Å². The monoisotopic (exact) mass is 459 g/mol. The van der Waals surface area contributed by atoms with Crippen molar-refractivity contribution in [2.24, 2.45) is 13.0 Å². The van der Waals surface area contributed by atoms with Gasteiger partial charge in [-0.15, -0.1) is 0 Å². The van der Waals surface area contributed by atoms with Crippen LogP contribution in [0.4, 0.5) is 0 Å². The molecule has 0 amide bonds. The Morgan fingerprint density at radius 2 is 2.12 bits per heavy atom. The Morgan fingerprint density at radius 3 is 2.71 bits per heavy atom. The van der Waals surface area contributed by atoms with Gasteiger partial charge in [0.15, 0.2) is 0 Å². The van der Waals surface area contributed by atoms with Gasteiger partial charge < -0.3 is 15.0 Å². The van der Waals surface area contributed by atoms with Crippen LogP contribution in [0.15, 0.2) is 59.8 Å². The van der Waals surface area contributed by atoms with Gasteiger partial charge in [0, 0.05) is 63.5 Å². The third-order valence-electron chi connectivity index (χ3n) is 6.16. The number of pyridine rings is 1. The van der Waals surface area contributed by atoms with Crippen LogP contribution < -0.4 is 15.7 Å². The van der Waals surface area contributed by atoms with Crippen LogP contribution in [0, 0.1) is 5.92 Å². The maximum atomic E-state index is 13.5. The van der Waals surface area contributed by atoms with Crippen LogP contribution in [-0.2, 0) is 7.05 Å². The van der Waals surface area contributed by atoms with Crippen molar-refractivity contribution in [3.63, 3.8) is 0 Å². The summed E-state index contributed by atoms with van der Waals surface area (Å²) in [4.78, 5) is 20.1. The summed E-state index contributed by atoms with van der Waals surface area (Å²) in [6.45, 7) is 6.24. The average Bonchev–Trinajstić information content (AvgIpc) is 3.48. The van der Waals surface area contributed by atoms with Gasteiger partial charge in [0.2, 0.25) is 0 Å². The molecule has 7 nitrogen and oxygen atoms in total. The number of hydrogen-bond donors (Lipinski definition) is 1. The zero-order valence-corrected chi connectivity index (χ0v) is 20.8. The third kappa shape index (κ3) is 4.02. The highest BCUT2D eigenvalue weighted by molar-refractivity contribution is 6.06. The minimum Gasteiger partial charge on any atom is -0.496 e. The summed E-state index contributed by atoms with van der Waals surface area (Å²) in [5, 5.41) is 4.07. The number of aryl methyl sites for hydroxylation is 1. The lowest BCUT2D eigenvalue weighted by molar-refractivity contribution is 0.414. The zero-order valence-electron chi connectivity index (χ0n) is 20.8. The molecule has 1 unspecified atom stereocenters. The predicted molar refractivity (Wildman–Crippen MR) is 141 cm³/mol. The van der Waals surface area contributed by atoms with Gasteiger partial charge in [-0.3, -0.25) is 14.1 Å². The van der Waals surface area contributed by atoms with Gasteiger partial charge in [0.05, 0.1) is 35.6 Å². The number of benzene rings is 1. The van der Waals surface area contributed by atoms with E-state index in [0.717, 1.165) is 57.4 Å². The molecule has 2 heterocycles. The van der Waals surface area contributed by atoms with Crippen molar-refractivity contribution in [2.45, 2.75) is 19.8 Å². The highest BCUT2D eigenvalue weighted by atomic mass is 16.5. The van der Waals surface area contributed by atoms with E-state index >= 15 is 0 Å². The van der Waals surface area contributed by atoms with E-state index in [2.05, 4.69) is 35.9 Å². The number of nitrogens with zero attached hydrogens (tertiary/aromatic N) is 4. The first-order valence-corrected chi connectivity index (χ1v) is 11.5. The predicted octanol–water partition coefficient (Wildman–Crippen LogP) is 4.36. The molecule has 34 heavy (non-hydrogen) atoms. The summed E-state index contributed by atoms with van der Waals surface area (Å²) in [5.41, 5.74) is 6.38. The molecule has 1 aliphatic rings. The van der Waals surface area contributed by atoms with Gasteiger partial charge in [-0.2, -0.15) is 0 Å². The Bertz CT molecular complexity index is 1420. The molecule has 1 aromatic carbocycles. The Morgan fingerprint density at radius 1 is 1.38 bits per heavy atom. The molecule has 3 aromatic rings. The second-order valence-electron chi connectivity index (χ2n) is 8.87. The zero-order chi connectivity index (χ0) is 24.6. The third-order valence-corrected chi connectivity index (χ3v) is 6.16. The minimum absolute atomic E-state index is 0.114. The van der Waals surface area contributed by atoms with Crippen LogP contribution in [0.1, 0.15) is 25.3 Å². The first-order valence-electron chi connectivity index (χ1n) is 11.5. The van der Waals surface area contributed by atoms with Crippen molar-refractivity contribution in [3.8, 4) is 5.75 Å². The van der Waals surface area contributed by atoms with E-state index in [-0.39, 0.29) is 5.69 Å². The molecule has 0 aliphatic heterocycles. The minimum atomic E-state index is -0.114. The van der Waals surface area contributed by atoms with Crippen LogP contribution in [-0.4, -0.2) is 47.3 Å². The van der Waals surface area contributed by atoms with E-state index in [1.807, 2.05) is 50.6 Å². The molecule has 1 aliphatic carbocycles. The van der Waals surface area contributed by atoms with Crippen molar-refractivity contribution in [3.05, 3.63) is 71.1 Å². The van der Waals surface area contributed by atoms with E-state index in [1.165, 1.54) is 5.57 Å². The lowest BCUT2D eigenvalue weighted by atomic mass is 9.98. The summed E-state index contributed by atoms with van der Waals surface area (Å²) in [7, 11) is 9.27. The molecule has 0 bridgehead atoms. The van der Waals surface area contributed by atoms with Gasteiger partial charge in [-0.25, -0.2) is 4.79 Å². The van der Waals surface area contributed by atoms with Gasteiger partial charge in [0.25, 0.3) is 0 Å². The van der Waals surface area contributed by atoms with E-state index in [1.54, 1.807) is 29.5 Å². The van der Waals surface area contributed by atoms with Gasteiger partial charge in [-0.05, 0) is 30.6 Å². The number of ether oxygens (including phenoxy) is 1. The molecule has 7 heteroatoms. The maximum Gasteiger partial charge on any atom is 0.333 e.